The van der Waals surface area contributed by atoms with Crippen LogP contribution in [-0.2, 0) is 0 Å². The molecule has 15 heavy (non-hydrogen) atoms. The van der Waals surface area contributed by atoms with Crippen LogP contribution in [0.4, 0.5) is 0 Å². The van der Waals surface area contributed by atoms with E-state index in [0.29, 0.717) is 5.92 Å². The van der Waals surface area contributed by atoms with Gasteiger partial charge in [-0.25, -0.2) is 0 Å². The summed E-state index contributed by atoms with van der Waals surface area (Å²) >= 11 is 0. The molecular formula is C13H17NO. The van der Waals surface area contributed by atoms with E-state index in [1.807, 2.05) is 6.07 Å². The second-order valence-electron chi connectivity index (χ2n) is 4.13. The van der Waals surface area contributed by atoms with E-state index >= 15 is 0 Å². The van der Waals surface area contributed by atoms with Crippen molar-refractivity contribution in [1.29, 1.82) is 0 Å². The van der Waals surface area contributed by atoms with Crippen LogP contribution in [0, 0.1) is 0 Å². The lowest BCUT2D eigenvalue weighted by Crippen LogP contribution is -2.38. The van der Waals surface area contributed by atoms with Crippen molar-refractivity contribution in [3.8, 4) is 0 Å². The quantitative estimate of drug-likeness (QED) is 0.724. The lowest BCUT2D eigenvalue weighted by atomic mass is 9.86. The first-order valence-corrected chi connectivity index (χ1v) is 5.43. The summed E-state index contributed by atoms with van der Waals surface area (Å²) in [4.78, 5) is 0. The summed E-state index contributed by atoms with van der Waals surface area (Å²) in [5, 5.41) is 12.7. The summed E-state index contributed by atoms with van der Waals surface area (Å²) in [6, 6.07) is 10.6. The van der Waals surface area contributed by atoms with Gasteiger partial charge < -0.3 is 10.4 Å². The molecule has 2 nitrogen and oxygen atoms in total. The smallest absolute Gasteiger partial charge is 0.102 e. The average molecular weight is 203 g/mol. The molecule has 1 aliphatic rings. The Balaban J connectivity index is 2.08. The number of hydrogen-bond acceptors (Lipinski definition) is 2. The highest BCUT2D eigenvalue weighted by Gasteiger charge is 2.23. The largest absolute Gasteiger partial charge is 0.511 e. The zero-order chi connectivity index (χ0) is 10.7. The van der Waals surface area contributed by atoms with Gasteiger partial charge in [0.2, 0.25) is 0 Å². The minimum atomic E-state index is 0.0592. The van der Waals surface area contributed by atoms with Crippen LogP contribution >= 0.6 is 0 Å². The van der Waals surface area contributed by atoms with E-state index in [-0.39, 0.29) is 11.8 Å². The van der Waals surface area contributed by atoms with E-state index in [0.717, 1.165) is 19.4 Å². The zero-order valence-corrected chi connectivity index (χ0v) is 8.82. The van der Waals surface area contributed by atoms with E-state index < -0.39 is 0 Å². The van der Waals surface area contributed by atoms with Crippen LogP contribution in [0.15, 0.2) is 42.7 Å². The third-order valence-electron chi connectivity index (χ3n) is 3.08. The highest BCUT2D eigenvalue weighted by atomic mass is 16.3. The first-order valence-electron chi connectivity index (χ1n) is 5.43. The summed E-state index contributed by atoms with van der Waals surface area (Å²) in [6.07, 6.45) is 2.08. The van der Waals surface area contributed by atoms with Crippen molar-refractivity contribution in [2.75, 3.05) is 6.54 Å². The molecule has 1 aromatic rings. The van der Waals surface area contributed by atoms with Gasteiger partial charge in [0.25, 0.3) is 0 Å². The van der Waals surface area contributed by atoms with Crippen LogP contribution in [-0.4, -0.2) is 17.7 Å². The normalized spacial score (nSPS) is 26.1. The molecule has 2 rings (SSSR count). The van der Waals surface area contributed by atoms with Crippen LogP contribution in [0.5, 0.6) is 0 Å². The molecule has 0 aromatic heterocycles. The van der Waals surface area contributed by atoms with Gasteiger partial charge in [-0.15, -0.1) is 0 Å². The summed E-state index contributed by atoms with van der Waals surface area (Å²) in [6.45, 7) is 4.55. The highest BCUT2D eigenvalue weighted by molar-refractivity contribution is 5.21. The molecule has 1 aromatic carbocycles. The van der Waals surface area contributed by atoms with Crippen molar-refractivity contribution in [2.24, 2.45) is 0 Å². The molecule has 2 unspecified atom stereocenters. The number of piperidine rings is 1. The number of aliphatic hydroxyl groups is 1. The van der Waals surface area contributed by atoms with Crippen LogP contribution in [0.3, 0.4) is 0 Å². The number of aliphatic hydroxyl groups excluding tert-OH is 1. The summed E-state index contributed by atoms with van der Waals surface area (Å²) in [5.41, 5.74) is 1.37. The van der Waals surface area contributed by atoms with Gasteiger partial charge in [-0.2, -0.15) is 0 Å². The van der Waals surface area contributed by atoms with E-state index in [1.54, 1.807) is 0 Å². The topological polar surface area (TPSA) is 32.3 Å². The molecule has 0 amide bonds. The van der Waals surface area contributed by atoms with Gasteiger partial charge in [-0.05, 0) is 30.9 Å². The molecule has 0 bridgehead atoms. The van der Waals surface area contributed by atoms with Gasteiger partial charge >= 0.3 is 0 Å². The second-order valence-corrected chi connectivity index (χ2v) is 4.13. The van der Waals surface area contributed by atoms with Gasteiger partial charge in [-0.1, -0.05) is 36.9 Å². The number of rotatable bonds is 2. The Morgan fingerprint density at radius 3 is 2.73 bits per heavy atom. The van der Waals surface area contributed by atoms with Crippen LogP contribution in [0.2, 0.25) is 0 Å². The lowest BCUT2D eigenvalue weighted by Gasteiger charge is -2.29. The second kappa shape index (κ2) is 4.49. The van der Waals surface area contributed by atoms with Crippen molar-refractivity contribution in [1.82, 2.24) is 5.32 Å². The third kappa shape index (κ3) is 2.39. The lowest BCUT2D eigenvalue weighted by molar-refractivity contribution is 0.292. The summed E-state index contributed by atoms with van der Waals surface area (Å²) < 4.78 is 0. The fourth-order valence-electron chi connectivity index (χ4n) is 2.20. The number of benzene rings is 1. The van der Waals surface area contributed by atoms with Crippen molar-refractivity contribution in [3.05, 3.63) is 48.2 Å². The molecule has 1 fully saturated rings. The van der Waals surface area contributed by atoms with Crippen LogP contribution in [0.1, 0.15) is 24.3 Å². The third-order valence-corrected chi connectivity index (χ3v) is 3.08. The first-order chi connectivity index (χ1) is 7.27. The molecular weight excluding hydrogens is 186 g/mol. The van der Waals surface area contributed by atoms with Gasteiger partial charge in [0, 0.05) is 0 Å². The monoisotopic (exact) mass is 203 g/mol. The van der Waals surface area contributed by atoms with Gasteiger partial charge in [0.15, 0.2) is 0 Å². The van der Waals surface area contributed by atoms with Crippen molar-refractivity contribution < 1.29 is 5.11 Å². The maximum absolute atomic E-state index is 9.38. The Labute approximate surface area is 90.6 Å². The van der Waals surface area contributed by atoms with Gasteiger partial charge in [-0.3, -0.25) is 0 Å². The highest BCUT2D eigenvalue weighted by Crippen LogP contribution is 2.28. The predicted octanol–water partition coefficient (Wildman–Crippen LogP) is 2.59. The maximum atomic E-state index is 9.38. The molecule has 2 N–H and O–H groups in total. The molecule has 1 saturated heterocycles. The molecule has 0 spiro atoms. The molecule has 0 saturated carbocycles. The Hall–Kier alpha value is -1.28. The van der Waals surface area contributed by atoms with Crippen molar-refractivity contribution >= 4 is 0 Å². The minimum Gasteiger partial charge on any atom is -0.511 e. The average Bonchev–Trinajstić information content (AvgIpc) is 2.30. The van der Waals surface area contributed by atoms with E-state index in [2.05, 4.69) is 36.2 Å². The Morgan fingerprint density at radius 2 is 2.07 bits per heavy atom. The molecule has 2 heteroatoms. The number of hydrogen-bond donors (Lipinski definition) is 2. The van der Waals surface area contributed by atoms with Crippen LogP contribution in [0.25, 0.3) is 0 Å². The van der Waals surface area contributed by atoms with Crippen molar-refractivity contribution in [2.45, 2.75) is 24.8 Å². The van der Waals surface area contributed by atoms with Crippen LogP contribution < -0.4 is 5.32 Å². The fraction of sp³-hybridized carbons (Fsp3) is 0.385. The summed E-state index contributed by atoms with van der Waals surface area (Å²) in [5.74, 6) is 0.803. The van der Waals surface area contributed by atoms with Gasteiger partial charge in [0.1, 0.15) is 5.76 Å². The van der Waals surface area contributed by atoms with E-state index in [4.69, 9.17) is 0 Å². The molecule has 1 heterocycles. The van der Waals surface area contributed by atoms with Crippen molar-refractivity contribution in [3.63, 3.8) is 0 Å². The fourth-order valence-corrected chi connectivity index (χ4v) is 2.20. The Morgan fingerprint density at radius 1 is 1.33 bits per heavy atom. The molecule has 0 radical (unpaired) electrons. The Kier molecular flexibility index (Phi) is 3.07. The van der Waals surface area contributed by atoms with E-state index in [1.165, 1.54) is 5.56 Å². The van der Waals surface area contributed by atoms with Gasteiger partial charge in [0.05, 0.1) is 6.04 Å². The van der Waals surface area contributed by atoms with E-state index in [9.17, 15) is 5.11 Å². The maximum Gasteiger partial charge on any atom is 0.102 e. The zero-order valence-electron chi connectivity index (χ0n) is 8.82. The molecule has 0 aliphatic carbocycles. The predicted molar refractivity (Wildman–Crippen MR) is 62.0 cm³/mol. The standard InChI is InChI=1S/C13H17NO/c1-10(15)13-9-12(7-8-14-13)11-5-3-2-4-6-11/h2-6,12-15H,1,7-9H2. The SMILES string of the molecule is C=C(O)C1CC(c2ccccc2)CCN1. The number of nitrogens with one attached hydrogen (secondary N) is 1. The first kappa shape index (κ1) is 10.2. The molecule has 1 aliphatic heterocycles. The molecule has 80 valence electrons. The molecule has 2 atom stereocenters. The summed E-state index contributed by atoms with van der Waals surface area (Å²) in [7, 11) is 0. The minimum absolute atomic E-state index is 0.0592. The Bertz CT molecular complexity index is 334.